The summed E-state index contributed by atoms with van der Waals surface area (Å²) in [4.78, 5) is 0. The van der Waals surface area contributed by atoms with E-state index in [4.69, 9.17) is 10.5 Å². The Kier molecular flexibility index (Phi) is 6.40. The average Bonchev–Trinajstić information content (AvgIpc) is 2.99. The Morgan fingerprint density at radius 2 is 2.04 bits per heavy atom. The van der Waals surface area contributed by atoms with Crippen molar-refractivity contribution < 1.29 is 0 Å². The zero-order valence-corrected chi connectivity index (χ0v) is 13.5. The van der Waals surface area contributed by atoms with Gasteiger partial charge in [0.05, 0.1) is 18.1 Å². The highest BCUT2D eigenvalue weighted by Crippen LogP contribution is 2.26. The first-order valence-corrected chi connectivity index (χ1v) is 8.27. The lowest BCUT2D eigenvalue weighted by Gasteiger charge is -2.09. The quantitative estimate of drug-likeness (QED) is 0.547. The third kappa shape index (κ3) is 4.45. The summed E-state index contributed by atoms with van der Waals surface area (Å²) in [6.45, 7) is 4.40. The second kappa shape index (κ2) is 8.77. The molecule has 0 bridgehead atoms. The van der Waals surface area contributed by atoms with Gasteiger partial charge in [-0.3, -0.25) is 4.57 Å². The number of nitriles is 2. The van der Waals surface area contributed by atoms with E-state index in [-0.39, 0.29) is 5.92 Å². The Hall–Kier alpha value is -2.57. The first-order valence-electron chi connectivity index (χ1n) is 7.29. The van der Waals surface area contributed by atoms with E-state index in [1.165, 1.54) is 11.8 Å². The minimum absolute atomic E-state index is 0.159. The Balaban J connectivity index is 2.17. The first-order chi connectivity index (χ1) is 11.3. The number of allylic oxidation sites excluding steroid dienone is 1. The van der Waals surface area contributed by atoms with Gasteiger partial charge in [-0.2, -0.15) is 10.5 Å². The summed E-state index contributed by atoms with van der Waals surface area (Å²) in [7, 11) is 0. The van der Waals surface area contributed by atoms with Crippen LogP contribution in [0.1, 0.15) is 12.8 Å². The second-order valence-electron chi connectivity index (χ2n) is 4.91. The van der Waals surface area contributed by atoms with Gasteiger partial charge in [-0.1, -0.05) is 48.2 Å². The maximum atomic E-state index is 9.15. The van der Waals surface area contributed by atoms with Crippen molar-refractivity contribution in [3.8, 4) is 23.5 Å². The van der Waals surface area contributed by atoms with Crippen LogP contribution in [0, 0.1) is 28.6 Å². The van der Waals surface area contributed by atoms with Crippen LogP contribution in [0.25, 0.3) is 11.4 Å². The number of thioether (sulfide) groups is 1. The van der Waals surface area contributed by atoms with Crippen molar-refractivity contribution in [3.63, 3.8) is 0 Å². The molecule has 1 aromatic carbocycles. The topological polar surface area (TPSA) is 78.3 Å². The van der Waals surface area contributed by atoms with Gasteiger partial charge in [-0.15, -0.1) is 16.8 Å². The van der Waals surface area contributed by atoms with Gasteiger partial charge < -0.3 is 0 Å². The Labute approximate surface area is 140 Å². The van der Waals surface area contributed by atoms with Gasteiger partial charge in [-0.05, 0) is 6.42 Å². The fraction of sp³-hybridized carbons (Fsp3) is 0.294. The summed E-state index contributed by atoms with van der Waals surface area (Å²) < 4.78 is 1.99. The highest BCUT2D eigenvalue weighted by atomic mass is 32.2. The van der Waals surface area contributed by atoms with Crippen LogP contribution < -0.4 is 0 Å². The lowest BCUT2D eigenvalue weighted by Crippen LogP contribution is -2.04. The molecule has 0 saturated heterocycles. The van der Waals surface area contributed by atoms with E-state index in [1.807, 2.05) is 34.9 Å². The molecule has 0 aliphatic carbocycles. The van der Waals surface area contributed by atoms with E-state index in [2.05, 4.69) is 28.9 Å². The third-order valence-electron chi connectivity index (χ3n) is 3.26. The van der Waals surface area contributed by atoms with Crippen molar-refractivity contribution in [2.45, 2.75) is 24.5 Å². The van der Waals surface area contributed by atoms with Crippen LogP contribution in [0.2, 0.25) is 0 Å². The summed E-state index contributed by atoms with van der Waals surface area (Å²) in [5.41, 5.74) is 0.995. The Morgan fingerprint density at radius 3 is 2.70 bits per heavy atom. The highest BCUT2D eigenvalue weighted by molar-refractivity contribution is 7.99. The molecule has 23 heavy (non-hydrogen) atoms. The predicted octanol–water partition coefficient (Wildman–Crippen LogP) is 3.67. The van der Waals surface area contributed by atoms with Gasteiger partial charge in [0, 0.05) is 24.3 Å². The van der Waals surface area contributed by atoms with Crippen LogP contribution in [0.4, 0.5) is 0 Å². The molecule has 0 aliphatic rings. The number of hydrogen-bond acceptors (Lipinski definition) is 5. The lowest BCUT2D eigenvalue weighted by atomic mass is 10.1. The minimum atomic E-state index is -0.159. The Morgan fingerprint density at radius 1 is 1.26 bits per heavy atom. The molecule has 2 aromatic rings. The number of nitrogens with zero attached hydrogens (tertiary/aromatic N) is 5. The van der Waals surface area contributed by atoms with E-state index < -0.39 is 0 Å². The normalized spacial score (nSPS) is 11.4. The van der Waals surface area contributed by atoms with Crippen molar-refractivity contribution in [3.05, 3.63) is 43.0 Å². The van der Waals surface area contributed by atoms with E-state index in [1.54, 1.807) is 6.08 Å². The molecule has 0 unspecified atom stereocenters. The van der Waals surface area contributed by atoms with Crippen LogP contribution in [-0.2, 0) is 6.54 Å². The molecule has 0 aliphatic heterocycles. The Bertz CT molecular complexity index is 724. The molecular formula is C17H17N5S. The fourth-order valence-electron chi connectivity index (χ4n) is 2.09. The highest BCUT2D eigenvalue weighted by Gasteiger charge is 2.15. The monoisotopic (exact) mass is 323 g/mol. The van der Waals surface area contributed by atoms with Gasteiger partial charge >= 0.3 is 0 Å². The van der Waals surface area contributed by atoms with Crippen molar-refractivity contribution in [1.29, 1.82) is 10.5 Å². The maximum Gasteiger partial charge on any atom is 0.191 e. The van der Waals surface area contributed by atoms with Gasteiger partial charge in [0.25, 0.3) is 0 Å². The van der Waals surface area contributed by atoms with Gasteiger partial charge in [0.2, 0.25) is 0 Å². The molecule has 6 heteroatoms. The molecule has 1 heterocycles. The molecule has 1 aromatic heterocycles. The van der Waals surface area contributed by atoms with E-state index in [0.29, 0.717) is 25.1 Å². The molecule has 0 fully saturated rings. The standard InChI is InChI=1S/C17H17N5S/c1-2-11-22-16(15-8-4-3-5-9-15)20-21-17(22)23-13-14(12-19)7-6-10-18/h2-5,8-9,14H,1,6-7,11,13H2/t14-/m0/s1. The van der Waals surface area contributed by atoms with Crippen molar-refractivity contribution in [2.24, 2.45) is 5.92 Å². The van der Waals surface area contributed by atoms with Gasteiger partial charge in [0.1, 0.15) is 0 Å². The van der Waals surface area contributed by atoms with Crippen molar-refractivity contribution >= 4 is 11.8 Å². The molecule has 0 radical (unpaired) electrons. The van der Waals surface area contributed by atoms with E-state index >= 15 is 0 Å². The summed E-state index contributed by atoms with van der Waals surface area (Å²) >= 11 is 1.50. The molecule has 1 atom stereocenters. The first kappa shape index (κ1) is 16.8. The predicted molar refractivity (Wildman–Crippen MR) is 90.3 cm³/mol. The van der Waals surface area contributed by atoms with Gasteiger partial charge in [-0.25, -0.2) is 0 Å². The zero-order chi connectivity index (χ0) is 16.5. The molecule has 2 rings (SSSR count). The molecule has 5 nitrogen and oxygen atoms in total. The van der Waals surface area contributed by atoms with Crippen LogP contribution in [-0.4, -0.2) is 20.5 Å². The van der Waals surface area contributed by atoms with E-state index in [9.17, 15) is 0 Å². The summed E-state index contributed by atoms with van der Waals surface area (Å²) in [5.74, 6) is 1.23. The van der Waals surface area contributed by atoms with E-state index in [0.717, 1.165) is 16.5 Å². The molecule has 116 valence electrons. The minimum Gasteiger partial charge on any atom is -0.298 e. The average molecular weight is 323 g/mol. The van der Waals surface area contributed by atoms with Gasteiger partial charge in [0.15, 0.2) is 11.0 Å². The molecule has 0 N–H and O–H groups in total. The second-order valence-corrected chi connectivity index (χ2v) is 5.89. The smallest absolute Gasteiger partial charge is 0.191 e. The third-order valence-corrected chi connectivity index (χ3v) is 4.39. The van der Waals surface area contributed by atoms with Crippen molar-refractivity contribution in [1.82, 2.24) is 14.8 Å². The van der Waals surface area contributed by atoms with Crippen LogP contribution >= 0.6 is 11.8 Å². The number of aromatic nitrogens is 3. The molecule has 0 spiro atoms. The summed E-state index contributed by atoms with van der Waals surface area (Å²) in [6, 6.07) is 14.2. The van der Waals surface area contributed by atoms with Crippen molar-refractivity contribution in [2.75, 3.05) is 5.75 Å². The van der Waals surface area contributed by atoms with Crippen LogP contribution in [0.5, 0.6) is 0 Å². The van der Waals surface area contributed by atoms with Crippen LogP contribution in [0.3, 0.4) is 0 Å². The number of rotatable bonds is 8. The summed E-state index contributed by atoms with van der Waals surface area (Å²) in [6.07, 6.45) is 2.78. The summed E-state index contributed by atoms with van der Waals surface area (Å²) in [5, 5.41) is 27.1. The fourth-order valence-corrected chi connectivity index (χ4v) is 3.10. The van der Waals surface area contributed by atoms with Crippen LogP contribution in [0.15, 0.2) is 48.1 Å². The zero-order valence-electron chi connectivity index (χ0n) is 12.7. The number of hydrogen-bond donors (Lipinski definition) is 0. The maximum absolute atomic E-state index is 9.15. The lowest BCUT2D eigenvalue weighted by molar-refractivity contribution is 0.679. The molecular weight excluding hydrogens is 306 g/mol. The largest absolute Gasteiger partial charge is 0.298 e. The molecule has 0 saturated carbocycles. The molecule has 0 amide bonds. The SMILES string of the molecule is C=CCn1c(SC[C@H](C#N)CCC#N)nnc1-c1ccccc1. The number of benzene rings is 1.